The van der Waals surface area contributed by atoms with E-state index >= 15 is 0 Å². The second kappa shape index (κ2) is 8.34. The zero-order chi connectivity index (χ0) is 22.1. The number of rotatable bonds is 4. The van der Waals surface area contributed by atoms with Crippen LogP contribution in [0.15, 0.2) is 42.5 Å². The molecule has 0 unspecified atom stereocenters. The van der Waals surface area contributed by atoms with Crippen molar-refractivity contribution in [2.75, 3.05) is 24.6 Å². The molecule has 7 heteroatoms. The second-order valence-electron chi connectivity index (χ2n) is 8.16. The Morgan fingerprint density at radius 3 is 2.55 bits per heavy atom. The third kappa shape index (κ3) is 3.95. The molecule has 1 saturated heterocycles. The molecule has 31 heavy (non-hydrogen) atoms. The Morgan fingerprint density at radius 2 is 1.81 bits per heavy atom. The zero-order valence-electron chi connectivity index (χ0n) is 17.6. The van der Waals surface area contributed by atoms with Crippen molar-refractivity contribution in [3.8, 4) is 0 Å². The van der Waals surface area contributed by atoms with Crippen molar-refractivity contribution in [3.63, 3.8) is 0 Å². The highest BCUT2D eigenvalue weighted by Crippen LogP contribution is 2.31. The Morgan fingerprint density at radius 1 is 1.06 bits per heavy atom. The number of aryl methyl sites for hydroxylation is 1. The van der Waals surface area contributed by atoms with Crippen molar-refractivity contribution < 1.29 is 23.9 Å². The van der Waals surface area contributed by atoms with E-state index in [1.54, 1.807) is 17.0 Å². The number of hydrogen-bond donors (Lipinski definition) is 0. The Labute approximate surface area is 180 Å². The van der Waals surface area contributed by atoms with Gasteiger partial charge in [-0.15, -0.1) is 0 Å². The number of para-hydroxylation sites is 1. The van der Waals surface area contributed by atoms with Gasteiger partial charge in [-0.1, -0.05) is 25.1 Å². The molecule has 4 rings (SSSR count). The maximum absolute atomic E-state index is 12.9. The van der Waals surface area contributed by atoms with E-state index in [0.29, 0.717) is 24.7 Å². The molecule has 2 aromatic rings. The van der Waals surface area contributed by atoms with Gasteiger partial charge >= 0.3 is 5.97 Å². The van der Waals surface area contributed by atoms with Crippen LogP contribution in [0.25, 0.3) is 0 Å². The zero-order valence-corrected chi connectivity index (χ0v) is 17.6. The molecule has 2 aliphatic rings. The van der Waals surface area contributed by atoms with Gasteiger partial charge in [-0.25, -0.2) is 9.69 Å². The highest BCUT2D eigenvalue weighted by molar-refractivity contribution is 6.34. The molecular weight excluding hydrogens is 396 g/mol. The number of imide groups is 1. The van der Waals surface area contributed by atoms with Crippen molar-refractivity contribution in [2.24, 2.45) is 5.92 Å². The van der Waals surface area contributed by atoms with Crippen LogP contribution in [0.5, 0.6) is 0 Å². The number of piperidine rings is 1. The van der Waals surface area contributed by atoms with Crippen LogP contribution in [0.3, 0.4) is 0 Å². The summed E-state index contributed by atoms with van der Waals surface area (Å²) in [6.07, 6.45) is 2.03. The summed E-state index contributed by atoms with van der Waals surface area (Å²) < 4.78 is 5.19. The van der Waals surface area contributed by atoms with Gasteiger partial charge in [0.2, 0.25) is 0 Å². The predicted molar refractivity (Wildman–Crippen MR) is 114 cm³/mol. The van der Waals surface area contributed by atoms with Crippen LogP contribution < -0.4 is 4.90 Å². The third-order valence-electron chi connectivity index (χ3n) is 5.82. The second-order valence-corrected chi connectivity index (χ2v) is 8.16. The number of carbonyl (C=O) groups is 4. The molecule has 0 radical (unpaired) electrons. The number of ether oxygens (including phenoxy) is 1. The third-order valence-corrected chi connectivity index (χ3v) is 5.82. The molecule has 0 bridgehead atoms. The van der Waals surface area contributed by atoms with Gasteiger partial charge in [0.05, 0.1) is 22.4 Å². The number of nitrogens with zero attached hydrogens (tertiary/aromatic N) is 2. The molecular formula is C24H24N2O5. The fourth-order valence-electron chi connectivity index (χ4n) is 4.12. The number of amides is 3. The predicted octanol–water partition coefficient (Wildman–Crippen LogP) is 3.21. The molecule has 2 aliphatic heterocycles. The summed E-state index contributed by atoms with van der Waals surface area (Å²) in [5.74, 6) is -1.40. The van der Waals surface area contributed by atoms with Gasteiger partial charge in [0.15, 0.2) is 6.61 Å². The van der Waals surface area contributed by atoms with E-state index in [-0.39, 0.29) is 29.2 Å². The molecule has 0 aliphatic carbocycles. The minimum Gasteiger partial charge on any atom is -0.452 e. The number of carbonyl (C=O) groups excluding carboxylic acids is 4. The van der Waals surface area contributed by atoms with Crippen molar-refractivity contribution in [1.29, 1.82) is 0 Å². The van der Waals surface area contributed by atoms with E-state index in [4.69, 9.17) is 4.74 Å². The SMILES string of the molecule is Cc1ccccc1N1C(=O)c2ccc(C(=O)OCC(=O)N3CCC[C@@H](C)C3)cc2C1=O. The molecule has 2 aromatic carbocycles. The summed E-state index contributed by atoms with van der Waals surface area (Å²) in [6.45, 7) is 4.91. The van der Waals surface area contributed by atoms with Crippen molar-refractivity contribution in [1.82, 2.24) is 4.90 Å². The summed E-state index contributed by atoms with van der Waals surface area (Å²) in [6, 6.07) is 11.4. The largest absolute Gasteiger partial charge is 0.452 e. The minimum atomic E-state index is -0.698. The molecule has 160 valence electrons. The first-order valence-corrected chi connectivity index (χ1v) is 10.4. The highest BCUT2D eigenvalue weighted by atomic mass is 16.5. The Kier molecular flexibility index (Phi) is 5.59. The summed E-state index contributed by atoms with van der Waals surface area (Å²) in [5.41, 5.74) is 1.83. The lowest BCUT2D eigenvalue weighted by Gasteiger charge is -2.30. The molecule has 0 spiro atoms. The lowest BCUT2D eigenvalue weighted by atomic mass is 10.0. The maximum Gasteiger partial charge on any atom is 0.338 e. The van der Waals surface area contributed by atoms with Gasteiger partial charge < -0.3 is 9.64 Å². The van der Waals surface area contributed by atoms with Gasteiger partial charge in [0.1, 0.15) is 0 Å². The van der Waals surface area contributed by atoms with Gasteiger partial charge in [-0.05, 0) is 55.5 Å². The van der Waals surface area contributed by atoms with Crippen LogP contribution in [0.2, 0.25) is 0 Å². The summed E-state index contributed by atoms with van der Waals surface area (Å²) >= 11 is 0. The van der Waals surface area contributed by atoms with Gasteiger partial charge in [-0.2, -0.15) is 0 Å². The Balaban J connectivity index is 1.47. The number of fused-ring (bicyclic) bond motifs is 1. The molecule has 7 nitrogen and oxygen atoms in total. The molecule has 3 amide bonds. The van der Waals surface area contributed by atoms with E-state index in [1.807, 2.05) is 19.1 Å². The van der Waals surface area contributed by atoms with Crippen LogP contribution in [0, 0.1) is 12.8 Å². The summed E-state index contributed by atoms with van der Waals surface area (Å²) in [5, 5.41) is 0. The molecule has 0 saturated carbocycles. The first-order chi connectivity index (χ1) is 14.9. The average Bonchev–Trinajstić information content (AvgIpc) is 3.02. The first kappa shape index (κ1) is 20.8. The molecule has 0 N–H and O–H groups in total. The van der Waals surface area contributed by atoms with Crippen molar-refractivity contribution >= 4 is 29.4 Å². The number of esters is 1. The Bertz CT molecular complexity index is 1080. The van der Waals surface area contributed by atoms with Crippen molar-refractivity contribution in [2.45, 2.75) is 26.7 Å². The number of anilines is 1. The lowest BCUT2D eigenvalue weighted by Crippen LogP contribution is -2.41. The molecule has 1 atom stereocenters. The monoisotopic (exact) mass is 420 g/mol. The standard InChI is InChI=1S/C24H24N2O5/c1-15-6-5-11-25(13-15)21(27)14-31-24(30)17-9-10-18-19(12-17)23(29)26(22(18)28)20-8-4-3-7-16(20)2/h3-4,7-10,12,15H,5-6,11,13-14H2,1-2H3/t15-/m1/s1. The van der Waals surface area contributed by atoms with Crippen molar-refractivity contribution in [3.05, 3.63) is 64.7 Å². The van der Waals surface area contributed by atoms with Crippen LogP contribution in [-0.2, 0) is 9.53 Å². The van der Waals surface area contributed by atoms with E-state index in [2.05, 4.69) is 6.92 Å². The van der Waals surface area contributed by atoms with Crippen LogP contribution >= 0.6 is 0 Å². The van der Waals surface area contributed by atoms with Gasteiger partial charge in [-0.3, -0.25) is 14.4 Å². The fraction of sp³-hybridized carbons (Fsp3) is 0.333. The van der Waals surface area contributed by atoms with Crippen LogP contribution in [-0.4, -0.2) is 48.3 Å². The summed E-state index contributed by atoms with van der Waals surface area (Å²) in [4.78, 5) is 53.4. The maximum atomic E-state index is 12.9. The Hall–Kier alpha value is -3.48. The lowest BCUT2D eigenvalue weighted by molar-refractivity contribution is -0.136. The van der Waals surface area contributed by atoms with E-state index in [0.717, 1.165) is 23.3 Å². The number of hydrogen-bond acceptors (Lipinski definition) is 5. The average molecular weight is 420 g/mol. The number of likely N-dealkylation sites (tertiary alicyclic amines) is 1. The summed E-state index contributed by atoms with van der Waals surface area (Å²) in [7, 11) is 0. The molecule has 1 fully saturated rings. The van der Waals surface area contributed by atoms with E-state index < -0.39 is 17.8 Å². The smallest absolute Gasteiger partial charge is 0.338 e. The minimum absolute atomic E-state index is 0.131. The topological polar surface area (TPSA) is 84.0 Å². The van der Waals surface area contributed by atoms with E-state index in [1.165, 1.54) is 18.2 Å². The fourth-order valence-corrected chi connectivity index (χ4v) is 4.12. The number of benzene rings is 2. The van der Waals surface area contributed by atoms with Gasteiger partial charge in [0, 0.05) is 13.1 Å². The quantitative estimate of drug-likeness (QED) is 0.560. The van der Waals surface area contributed by atoms with E-state index in [9.17, 15) is 19.2 Å². The molecule has 0 aromatic heterocycles. The highest BCUT2D eigenvalue weighted by Gasteiger charge is 2.37. The van der Waals surface area contributed by atoms with Crippen LogP contribution in [0.4, 0.5) is 5.69 Å². The van der Waals surface area contributed by atoms with Gasteiger partial charge in [0.25, 0.3) is 17.7 Å². The normalized spacial score (nSPS) is 18.2. The molecule has 2 heterocycles. The first-order valence-electron chi connectivity index (χ1n) is 10.4. The van der Waals surface area contributed by atoms with Crippen LogP contribution in [0.1, 0.15) is 56.4 Å².